The second-order valence-corrected chi connectivity index (χ2v) is 10.5. The maximum Gasteiger partial charge on any atom is 0.410 e. The molecular weight excluding hydrogens is 380 g/mol. The molecule has 1 amide bonds. The third-order valence-electron chi connectivity index (χ3n) is 4.68. The van der Waals surface area contributed by atoms with Crippen molar-refractivity contribution in [2.75, 3.05) is 18.4 Å². The summed E-state index contributed by atoms with van der Waals surface area (Å²) in [5, 5.41) is 8.08. The van der Waals surface area contributed by atoms with Gasteiger partial charge in [-0.3, -0.25) is 0 Å². The number of hydrogen-bond donors (Lipinski definition) is 2. The molecule has 0 radical (unpaired) electrons. The van der Waals surface area contributed by atoms with Crippen LogP contribution in [0.2, 0.25) is 0 Å². The van der Waals surface area contributed by atoms with Crippen molar-refractivity contribution in [1.29, 1.82) is 0 Å². The van der Waals surface area contributed by atoms with Gasteiger partial charge >= 0.3 is 6.09 Å². The van der Waals surface area contributed by atoms with E-state index < -0.39 is 15.6 Å². The van der Waals surface area contributed by atoms with Gasteiger partial charge in [0.1, 0.15) is 11.4 Å². The lowest BCUT2D eigenvalue weighted by Crippen LogP contribution is -2.45. The van der Waals surface area contributed by atoms with Crippen molar-refractivity contribution in [1.82, 2.24) is 9.88 Å². The first kappa shape index (κ1) is 22.4. The van der Waals surface area contributed by atoms with E-state index in [9.17, 15) is 13.2 Å². The number of anilines is 1. The fourth-order valence-corrected chi connectivity index (χ4v) is 3.99. The largest absolute Gasteiger partial charge is 0.444 e. The van der Waals surface area contributed by atoms with E-state index in [2.05, 4.69) is 24.1 Å². The summed E-state index contributed by atoms with van der Waals surface area (Å²) < 4.78 is 28.3. The SMILES string of the molecule is CC(C)(C)OC(=O)N1C[C@@H](CCCNc2cccc(S(N)(=O)=O)n2)CC1(C)C. The number of rotatable bonds is 6. The van der Waals surface area contributed by atoms with E-state index in [1.165, 1.54) is 6.07 Å². The summed E-state index contributed by atoms with van der Waals surface area (Å²) in [6.45, 7) is 11.1. The molecule has 0 aliphatic carbocycles. The standard InChI is InChI=1S/C19H32N4O4S/c1-18(2,3)27-17(24)23-13-14(12-19(23,4)5)8-7-11-21-15-9-6-10-16(22-15)28(20,25)26/h6,9-10,14H,7-8,11-13H2,1-5H3,(H,21,22)(H2,20,25,26)/t14-/m0/s1. The van der Waals surface area contributed by atoms with Crippen LogP contribution < -0.4 is 10.5 Å². The van der Waals surface area contributed by atoms with Crippen LogP contribution in [0.5, 0.6) is 0 Å². The minimum atomic E-state index is -3.81. The van der Waals surface area contributed by atoms with Crippen LogP contribution in [0.3, 0.4) is 0 Å². The number of hydrogen-bond acceptors (Lipinski definition) is 6. The van der Waals surface area contributed by atoms with Gasteiger partial charge in [-0.25, -0.2) is 23.3 Å². The molecule has 0 unspecified atom stereocenters. The number of nitrogens with two attached hydrogens (primary N) is 1. The van der Waals surface area contributed by atoms with Crippen molar-refractivity contribution in [3.05, 3.63) is 18.2 Å². The van der Waals surface area contributed by atoms with Gasteiger partial charge in [0, 0.05) is 18.6 Å². The number of nitrogens with one attached hydrogen (secondary N) is 1. The highest BCUT2D eigenvalue weighted by Crippen LogP contribution is 2.36. The lowest BCUT2D eigenvalue weighted by molar-refractivity contribution is 0.0131. The summed E-state index contributed by atoms with van der Waals surface area (Å²) in [5.41, 5.74) is -0.737. The van der Waals surface area contributed by atoms with Crippen LogP contribution in [0.4, 0.5) is 10.6 Å². The second kappa shape index (κ2) is 8.24. The average molecular weight is 413 g/mol. The van der Waals surface area contributed by atoms with Gasteiger partial charge < -0.3 is 15.0 Å². The van der Waals surface area contributed by atoms with Crippen LogP contribution in [-0.4, -0.2) is 48.6 Å². The Morgan fingerprint density at radius 2 is 2.07 bits per heavy atom. The van der Waals surface area contributed by atoms with E-state index in [0.717, 1.165) is 19.3 Å². The van der Waals surface area contributed by atoms with E-state index in [1.54, 1.807) is 12.1 Å². The molecule has 2 heterocycles. The summed E-state index contributed by atoms with van der Waals surface area (Å²) in [7, 11) is -3.81. The number of primary sulfonamides is 1. The molecule has 8 nitrogen and oxygen atoms in total. The second-order valence-electron chi connectivity index (χ2n) is 8.95. The molecule has 1 aliphatic rings. The first-order valence-electron chi connectivity index (χ1n) is 9.52. The average Bonchev–Trinajstić information content (AvgIpc) is 2.84. The van der Waals surface area contributed by atoms with Gasteiger partial charge in [0.25, 0.3) is 10.0 Å². The van der Waals surface area contributed by atoms with Crippen LogP contribution >= 0.6 is 0 Å². The predicted octanol–water partition coefficient (Wildman–Crippen LogP) is 2.96. The van der Waals surface area contributed by atoms with Gasteiger partial charge in [-0.2, -0.15) is 0 Å². The molecule has 1 aliphatic heterocycles. The van der Waals surface area contributed by atoms with Crippen molar-refractivity contribution >= 4 is 21.9 Å². The van der Waals surface area contributed by atoms with Crippen molar-refractivity contribution in [2.45, 2.75) is 70.0 Å². The topological polar surface area (TPSA) is 115 Å². The summed E-state index contributed by atoms with van der Waals surface area (Å²) in [6, 6.07) is 4.68. The molecule has 1 atom stereocenters. The van der Waals surface area contributed by atoms with Crippen LogP contribution in [0.15, 0.2) is 23.2 Å². The third kappa shape index (κ3) is 6.34. The number of likely N-dealkylation sites (tertiary alicyclic amines) is 1. The van der Waals surface area contributed by atoms with Crippen LogP contribution in [0, 0.1) is 5.92 Å². The highest BCUT2D eigenvalue weighted by Gasteiger charge is 2.42. The lowest BCUT2D eigenvalue weighted by atomic mass is 9.93. The third-order valence-corrected chi connectivity index (χ3v) is 5.49. The molecule has 1 fully saturated rings. The highest BCUT2D eigenvalue weighted by molar-refractivity contribution is 7.89. The fraction of sp³-hybridized carbons (Fsp3) is 0.684. The molecule has 158 valence electrons. The molecule has 1 aromatic rings. The van der Waals surface area contributed by atoms with E-state index in [-0.39, 0.29) is 16.7 Å². The molecule has 0 aromatic carbocycles. The number of carbonyl (C=O) groups excluding carboxylic acids is 1. The summed E-state index contributed by atoms with van der Waals surface area (Å²) in [5.74, 6) is 0.877. The Morgan fingerprint density at radius 1 is 1.39 bits per heavy atom. The smallest absolute Gasteiger partial charge is 0.410 e. The molecule has 1 saturated heterocycles. The van der Waals surface area contributed by atoms with E-state index in [4.69, 9.17) is 9.88 Å². The zero-order chi connectivity index (χ0) is 21.2. The van der Waals surface area contributed by atoms with Crippen molar-refractivity contribution in [2.24, 2.45) is 11.1 Å². The van der Waals surface area contributed by atoms with Gasteiger partial charge in [0.15, 0.2) is 5.03 Å². The summed E-state index contributed by atoms with van der Waals surface area (Å²) in [6.07, 6.45) is 2.49. The number of carbonyl (C=O) groups is 1. The number of pyridine rings is 1. The van der Waals surface area contributed by atoms with Crippen LogP contribution in [-0.2, 0) is 14.8 Å². The number of amides is 1. The van der Waals surface area contributed by atoms with Gasteiger partial charge in [0.2, 0.25) is 0 Å². The first-order valence-corrected chi connectivity index (χ1v) is 11.1. The maximum atomic E-state index is 12.5. The Hall–Kier alpha value is -1.87. The van der Waals surface area contributed by atoms with Crippen LogP contribution in [0.1, 0.15) is 53.9 Å². The Morgan fingerprint density at radius 3 is 2.68 bits per heavy atom. The van der Waals surface area contributed by atoms with E-state index in [1.807, 2.05) is 25.7 Å². The Bertz CT molecular complexity index is 802. The molecule has 0 spiro atoms. The van der Waals surface area contributed by atoms with Crippen molar-refractivity contribution in [3.63, 3.8) is 0 Å². The molecule has 0 saturated carbocycles. The monoisotopic (exact) mass is 412 g/mol. The molecule has 9 heteroatoms. The Balaban J connectivity index is 1.83. The molecule has 0 bridgehead atoms. The molecular formula is C19H32N4O4S. The van der Waals surface area contributed by atoms with Gasteiger partial charge in [0.05, 0.1) is 0 Å². The summed E-state index contributed by atoms with van der Waals surface area (Å²) in [4.78, 5) is 18.3. The first-order chi connectivity index (χ1) is 12.8. The minimum Gasteiger partial charge on any atom is -0.444 e. The predicted molar refractivity (Wildman–Crippen MR) is 108 cm³/mol. The summed E-state index contributed by atoms with van der Waals surface area (Å²) >= 11 is 0. The van der Waals surface area contributed by atoms with Crippen molar-refractivity contribution in [3.8, 4) is 0 Å². The maximum absolute atomic E-state index is 12.5. The quantitative estimate of drug-likeness (QED) is 0.694. The van der Waals surface area contributed by atoms with Crippen LogP contribution in [0.25, 0.3) is 0 Å². The Kier molecular flexibility index (Phi) is 6.60. The number of sulfonamides is 1. The van der Waals surface area contributed by atoms with E-state index >= 15 is 0 Å². The fourth-order valence-electron chi connectivity index (χ4n) is 3.50. The normalized spacial score (nSPS) is 19.5. The number of nitrogens with zero attached hydrogens (tertiary/aromatic N) is 2. The van der Waals surface area contributed by atoms with Crippen molar-refractivity contribution < 1.29 is 17.9 Å². The van der Waals surface area contributed by atoms with Gasteiger partial charge in [-0.1, -0.05) is 6.07 Å². The minimum absolute atomic E-state index is 0.150. The zero-order valence-corrected chi connectivity index (χ0v) is 18.2. The number of ether oxygens (including phenoxy) is 1. The molecule has 2 rings (SSSR count). The lowest BCUT2D eigenvalue weighted by Gasteiger charge is -2.33. The molecule has 1 aromatic heterocycles. The van der Waals surface area contributed by atoms with Gasteiger partial charge in [-0.15, -0.1) is 0 Å². The van der Waals surface area contributed by atoms with Gasteiger partial charge in [-0.05, 0) is 71.9 Å². The highest BCUT2D eigenvalue weighted by atomic mass is 32.2. The molecule has 3 N–H and O–H groups in total. The zero-order valence-electron chi connectivity index (χ0n) is 17.4. The molecule has 28 heavy (non-hydrogen) atoms. The van der Waals surface area contributed by atoms with E-state index in [0.29, 0.717) is 24.8 Å². The number of aromatic nitrogens is 1. The Labute approximate surface area is 167 Å².